The molecular weight excluding hydrogens is 378 g/mol. The molecule has 4 rings (SSSR count). The molecule has 0 radical (unpaired) electrons. The number of hydrogen-bond donors (Lipinski definition) is 0. The van der Waals surface area contributed by atoms with Gasteiger partial charge in [0.05, 0.1) is 13.7 Å². The number of methoxy groups -OCH3 is 1. The van der Waals surface area contributed by atoms with Gasteiger partial charge in [0, 0.05) is 24.7 Å². The van der Waals surface area contributed by atoms with Crippen molar-refractivity contribution in [3.63, 3.8) is 0 Å². The third kappa shape index (κ3) is 4.74. The van der Waals surface area contributed by atoms with Crippen LogP contribution in [0.15, 0.2) is 30.3 Å². The van der Waals surface area contributed by atoms with Crippen LogP contribution in [-0.2, 0) is 4.74 Å². The summed E-state index contributed by atoms with van der Waals surface area (Å²) in [6.07, 6.45) is 7.56. The SMILES string of the molecule is COC(=O)c1cc(C)nc(N2CCC(COc3ccccc3C3CCCCC3)C2)n1. The minimum absolute atomic E-state index is 0.307. The molecule has 6 heteroatoms. The highest BCUT2D eigenvalue weighted by Gasteiger charge is 2.27. The quantitative estimate of drug-likeness (QED) is 0.654. The molecular formula is C24H31N3O3. The Balaban J connectivity index is 1.39. The van der Waals surface area contributed by atoms with E-state index in [0.717, 1.165) is 31.0 Å². The van der Waals surface area contributed by atoms with E-state index >= 15 is 0 Å². The van der Waals surface area contributed by atoms with Gasteiger partial charge in [0.25, 0.3) is 0 Å². The molecule has 30 heavy (non-hydrogen) atoms. The smallest absolute Gasteiger partial charge is 0.356 e. The normalized spacial score (nSPS) is 19.7. The van der Waals surface area contributed by atoms with E-state index in [0.29, 0.717) is 30.1 Å². The summed E-state index contributed by atoms with van der Waals surface area (Å²) in [5.41, 5.74) is 2.44. The number of rotatable bonds is 6. The van der Waals surface area contributed by atoms with Gasteiger partial charge in [-0.3, -0.25) is 0 Å². The Hall–Kier alpha value is -2.63. The number of benzene rings is 1. The summed E-state index contributed by atoms with van der Waals surface area (Å²) in [6.45, 7) is 4.25. The van der Waals surface area contributed by atoms with Crippen LogP contribution in [-0.4, -0.2) is 42.7 Å². The molecule has 1 aromatic carbocycles. The number of hydrogen-bond acceptors (Lipinski definition) is 6. The van der Waals surface area contributed by atoms with E-state index in [-0.39, 0.29) is 0 Å². The zero-order chi connectivity index (χ0) is 20.9. The average molecular weight is 410 g/mol. The summed E-state index contributed by atoms with van der Waals surface area (Å²) in [5, 5.41) is 0. The topological polar surface area (TPSA) is 64.5 Å². The molecule has 0 bridgehead atoms. The predicted molar refractivity (Wildman–Crippen MR) is 116 cm³/mol. The Kier molecular flexibility index (Phi) is 6.50. The van der Waals surface area contributed by atoms with Gasteiger partial charge >= 0.3 is 5.97 Å². The van der Waals surface area contributed by atoms with Crippen LogP contribution >= 0.6 is 0 Å². The average Bonchev–Trinajstić information content (AvgIpc) is 3.27. The number of aromatic nitrogens is 2. The lowest BCUT2D eigenvalue weighted by Gasteiger charge is -2.24. The summed E-state index contributed by atoms with van der Waals surface area (Å²) in [5.74, 6) is 2.26. The summed E-state index contributed by atoms with van der Waals surface area (Å²) < 4.78 is 11.1. The van der Waals surface area contributed by atoms with Gasteiger partial charge in [-0.1, -0.05) is 37.5 Å². The first-order valence-electron chi connectivity index (χ1n) is 11.0. The van der Waals surface area contributed by atoms with Gasteiger partial charge in [0.1, 0.15) is 5.75 Å². The maximum atomic E-state index is 11.9. The second-order valence-corrected chi connectivity index (χ2v) is 8.47. The monoisotopic (exact) mass is 409 g/mol. The van der Waals surface area contributed by atoms with Gasteiger partial charge in [-0.2, -0.15) is 0 Å². The Morgan fingerprint density at radius 1 is 1.13 bits per heavy atom. The van der Waals surface area contributed by atoms with Gasteiger partial charge in [-0.15, -0.1) is 0 Å². The number of para-hydroxylation sites is 1. The van der Waals surface area contributed by atoms with Crippen molar-refractivity contribution in [3.05, 3.63) is 47.3 Å². The molecule has 2 aliphatic rings. The largest absolute Gasteiger partial charge is 0.493 e. The molecule has 1 atom stereocenters. The van der Waals surface area contributed by atoms with Crippen LogP contribution in [0.2, 0.25) is 0 Å². The number of anilines is 1. The molecule has 1 saturated heterocycles. The highest BCUT2D eigenvalue weighted by atomic mass is 16.5. The fraction of sp³-hybridized carbons (Fsp3) is 0.542. The number of nitrogens with zero attached hydrogens (tertiary/aromatic N) is 3. The second kappa shape index (κ2) is 9.45. The number of carbonyl (C=O) groups excluding carboxylic acids is 1. The first kappa shape index (κ1) is 20.6. The lowest BCUT2D eigenvalue weighted by molar-refractivity contribution is 0.0593. The third-order valence-corrected chi connectivity index (χ3v) is 6.24. The second-order valence-electron chi connectivity index (χ2n) is 8.47. The van der Waals surface area contributed by atoms with Crippen molar-refractivity contribution in [2.75, 3.05) is 31.7 Å². The molecule has 1 aliphatic carbocycles. The molecule has 0 amide bonds. The van der Waals surface area contributed by atoms with E-state index in [4.69, 9.17) is 9.47 Å². The molecule has 160 valence electrons. The van der Waals surface area contributed by atoms with Gasteiger partial charge in [0.15, 0.2) is 5.69 Å². The maximum absolute atomic E-state index is 11.9. The highest BCUT2D eigenvalue weighted by molar-refractivity contribution is 5.87. The Labute approximate surface area is 178 Å². The van der Waals surface area contributed by atoms with Crippen LogP contribution < -0.4 is 9.64 Å². The summed E-state index contributed by atoms with van der Waals surface area (Å²) >= 11 is 0. The Morgan fingerprint density at radius 3 is 2.73 bits per heavy atom. The first-order valence-corrected chi connectivity index (χ1v) is 11.0. The van der Waals surface area contributed by atoms with E-state index in [1.165, 1.54) is 44.8 Å². The van der Waals surface area contributed by atoms with Crippen molar-refractivity contribution in [1.29, 1.82) is 0 Å². The number of carbonyl (C=O) groups is 1. The van der Waals surface area contributed by atoms with E-state index in [2.05, 4.69) is 39.1 Å². The molecule has 1 aliphatic heterocycles. The predicted octanol–water partition coefficient (Wildman–Crippen LogP) is 4.52. The van der Waals surface area contributed by atoms with E-state index in [1.807, 2.05) is 6.92 Å². The molecule has 2 heterocycles. The van der Waals surface area contributed by atoms with Gasteiger partial charge < -0.3 is 14.4 Å². The van der Waals surface area contributed by atoms with E-state index in [1.54, 1.807) is 6.07 Å². The molecule has 0 spiro atoms. The van der Waals surface area contributed by atoms with Crippen molar-refractivity contribution in [2.24, 2.45) is 5.92 Å². The minimum Gasteiger partial charge on any atom is -0.493 e. The molecule has 2 aromatic rings. The van der Waals surface area contributed by atoms with Gasteiger partial charge in [0.2, 0.25) is 5.95 Å². The summed E-state index contributed by atoms with van der Waals surface area (Å²) in [7, 11) is 1.37. The van der Waals surface area contributed by atoms with Crippen LogP contribution in [0, 0.1) is 12.8 Å². The van der Waals surface area contributed by atoms with Crippen LogP contribution in [0.1, 0.15) is 66.2 Å². The van der Waals surface area contributed by atoms with Crippen molar-refractivity contribution in [3.8, 4) is 5.75 Å². The van der Waals surface area contributed by atoms with Gasteiger partial charge in [-0.25, -0.2) is 14.8 Å². The summed E-state index contributed by atoms with van der Waals surface area (Å²) in [4.78, 5) is 22.9. The first-order chi connectivity index (χ1) is 14.6. The van der Waals surface area contributed by atoms with Crippen LogP contribution in [0.25, 0.3) is 0 Å². The van der Waals surface area contributed by atoms with Gasteiger partial charge in [-0.05, 0) is 49.8 Å². The zero-order valence-corrected chi connectivity index (χ0v) is 18.0. The van der Waals surface area contributed by atoms with E-state index < -0.39 is 5.97 Å². The minimum atomic E-state index is -0.430. The highest BCUT2D eigenvalue weighted by Crippen LogP contribution is 2.37. The molecule has 1 saturated carbocycles. The fourth-order valence-corrected chi connectivity index (χ4v) is 4.62. The maximum Gasteiger partial charge on any atom is 0.356 e. The van der Waals surface area contributed by atoms with Crippen LogP contribution in [0.3, 0.4) is 0 Å². The Bertz CT molecular complexity index is 880. The zero-order valence-electron chi connectivity index (χ0n) is 18.0. The lowest BCUT2D eigenvalue weighted by atomic mass is 9.84. The number of aryl methyl sites for hydroxylation is 1. The molecule has 1 aromatic heterocycles. The molecule has 0 N–H and O–H groups in total. The van der Waals surface area contributed by atoms with Crippen molar-refractivity contribution >= 4 is 11.9 Å². The van der Waals surface area contributed by atoms with E-state index in [9.17, 15) is 4.79 Å². The molecule has 6 nitrogen and oxygen atoms in total. The lowest BCUT2D eigenvalue weighted by Crippen LogP contribution is -2.25. The standard InChI is InChI=1S/C24H31N3O3/c1-17-14-21(23(28)29-2)26-24(25-17)27-13-12-18(15-27)16-30-22-11-7-6-10-20(22)19-8-4-3-5-9-19/h6-7,10-11,14,18-19H,3-5,8-9,12-13,15-16H2,1-2H3. The number of ether oxygens (including phenoxy) is 2. The van der Waals surface area contributed by atoms with Crippen molar-refractivity contribution < 1.29 is 14.3 Å². The Morgan fingerprint density at radius 2 is 1.93 bits per heavy atom. The van der Waals surface area contributed by atoms with Crippen LogP contribution in [0.4, 0.5) is 5.95 Å². The van der Waals surface area contributed by atoms with Crippen molar-refractivity contribution in [1.82, 2.24) is 9.97 Å². The molecule has 1 unspecified atom stereocenters. The van der Waals surface area contributed by atoms with Crippen LogP contribution in [0.5, 0.6) is 5.75 Å². The summed E-state index contributed by atoms with van der Waals surface area (Å²) in [6, 6.07) is 10.2. The third-order valence-electron chi connectivity index (χ3n) is 6.24. The fourth-order valence-electron chi connectivity index (χ4n) is 4.62. The molecule has 2 fully saturated rings. The number of esters is 1. The van der Waals surface area contributed by atoms with Crippen molar-refractivity contribution in [2.45, 2.75) is 51.4 Å².